The van der Waals surface area contributed by atoms with Crippen LogP contribution in [0.2, 0.25) is 0 Å². The molecule has 0 atom stereocenters. The molecule has 1 aromatic carbocycles. The molecule has 0 saturated heterocycles. The van der Waals surface area contributed by atoms with Crippen molar-refractivity contribution in [1.29, 1.82) is 0 Å². The average Bonchev–Trinajstić information content (AvgIpc) is 2.79. The van der Waals surface area contributed by atoms with Crippen LogP contribution in [0, 0.1) is 19.7 Å². The van der Waals surface area contributed by atoms with Crippen LogP contribution in [-0.2, 0) is 13.1 Å². The Morgan fingerprint density at radius 1 is 1.24 bits per heavy atom. The van der Waals surface area contributed by atoms with Gasteiger partial charge in [-0.25, -0.2) is 9.37 Å². The molecule has 1 aromatic heterocycles. The maximum atomic E-state index is 13.4. The van der Waals surface area contributed by atoms with E-state index in [1.165, 1.54) is 0 Å². The molecular weight excluding hydrogens is 217 g/mol. The van der Waals surface area contributed by atoms with Crippen LogP contribution < -0.4 is 5.32 Å². The van der Waals surface area contributed by atoms with Crippen molar-refractivity contribution in [2.45, 2.75) is 26.9 Å². The van der Waals surface area contributed by atoms with Gasteiger partial charge in [0.15, 0.2) is 0 Å². The summed E-state index contributed by atoms with van der Waals surface area (Å²) in [6, 6.07) is 3.75. The molecule has 17 heavy (non-hydrogen) atoms. The van der Waals surface area contributed by atoms with E-state index in [-0.39, 0.29) is 5.82 Å². The molecule has 90 valence electrons. The quantitative estimate of drug-likeness (QED) is 0.851. The Kier molecular flexibility index (Phi) is 3.54. The first-order chi connectivity index (χ1) is 8.16. The highest BCUT2D eigenvalue weighted by molar-refractivity contribution is 5.30. The van der Waals surface area contributed by atoms with Crippen LogP contribution in [0.4, 0.5) is 4.39 Å². The Morgan fingerprint density at radius 2 is 1.94 bits per heavy atom. The fraction of sp³-hybridized carbons (Fsp3) is 0.308. The summed E-state index contributed by atoms with van der Waals surface area (Å²) < 4.78 is 13.4. The van der Waals surface area contributed by atoms with Gasteiger partial charge < -0.3 is 10.3 Å². The number of aromatic amines is 1. The first-order valence-corrected chi connectivity index (χ1v) is 5.60. The van der Waals surface area contributed by atoms with Crippen LogP contribution in [0.3, 0.4) is 0 Å². The van der Waals surface area contributed by atoms with Crippen molar-refractivity contribution in [2.24, 2.45) is 0 Å². The van der Waals surface area contributed by atoms with E-state index in [1.807, 2.05) is 12.1 Å². The molecule has 0 spiro atoms. The molecule has 0 aliphatic carbocycles. The summed E-state index contributed by atoms with van der Waals surface area (Å²) in [5, 5.41) is 3.28. The number of benzene rings is 1. The first-order valence-electron chi connectivity index (χ1n) is 5.60. The van der Waals surface area contributed by atoms with E-state index >= 15 is 0 Å². The predicted molar refractivity (Wildman–Crippen MR) is 65.0 cm³/mol. The molecular formula is C13H16FN3. The number of hydrogen-bond donors (Lipinski definition) is 2. The van der Waals surface area contributed by atoms with Crippen LogP contribution in [0.1, 0.15) is 22.4 Å². The van der Waals surface area contributed by atoms with Crippen molar-refractivity contribution in [3.05, 3.63) is 52.9 Å². The maximum Gasteiger partial charge on any atom is 0.129 e. The number of rotatable bonds is 4. The number of halogens is 1. The second-order valence-electron chi connectivity index (χ2n) is 4.22. The van der Waals surface area contributed by atoms with Gasteiger partial charge in [0.05, 0.1) is 6.33 Å². The van der Waals surface area contributed by atoms with E-state index in [0.29, 0.717) is 11.1 Å². The summed E-state index contributed by atoms with van der Waals surface area (Å²) in [5.74, 6) is -0.109. The number of hydrogen-bond acceptors (Lipinski definition) is 2. The van der Waals surface area contributed by atoms with Crippen LogP contribution in [0.25, 0.3) is 0 Å². The molecule has 0 amide bonds. The van der Waals surface area contributed by atoms with Gasteiger partial charge in [-0.05, 0) is 30.5 Å². The van der Waals surface area contributed by atoms with Gasteiger partial charge in [-0.2, -0.15) is 0 Å². The molecule has 0 fully saturated rings. The lowest BCUT2D eigenvalue weighted by Gasteiger charge is -2.07. The Balaban J connectivity index is 1.95. The number of aromatic nitrogens is 2. The van der Waals surface area contributed by atoms with Crippen LogP contribution >= 0.6 is 0 Å². The number of imidazole rings is 1. The Morgan fingerprint density at radius 3 is 2.53 bits per heavy atom. The lowest BCUT2D eigenvalue weighted by molar-refractivity contribution is 0.605. The molecule has 0 saturated carbocycles. The van der Waals surface area contributed by atoms with E-state index < -0.39 is 0 Å². The molecule has 0 radical (unpaired) electrons. The summed E-state index contributed by atoms with van der Waals surface area (Å²) in [7, 11) is 0. The van der Waals surface area contributed by atoms with Gasteiger partial charge in [0.1, 0.15) is 5.82 Å². The van der Waals surface area contributed by atoms with Crippen molar-refractivity contribution in [1.82, 2.24) is 15.3 Å². The first kappa shape index (κ1) is 11.8. The molecule has 2 aromatic rings. The van der Waals surface area contributed by atoms with Gasteiger partial charge in [-0.3, -0.25) is 0 Å². The van der Waals surface area contributed by atoms with Gasteiger partial charge in [-0.1, -0.05) is 12.1 Å². The van der Waals surface area contributed by atoms with Crippen molar-refractivity contribution < 1.29 is 4.39 Å². The van der Waals surface area contributed by atoms with Gasteiger partial charge in [-0.15, -0.1) is 0 Å². The number of nitrogens with one attached hydrogen (secondary N) is 2. The summed E-state index contributed by atoms with van der Waals surface area (Å²) in [5.41, 5.74) is 3.54. The summed E-state index contributed by atoms with van der Waals surface area (Å²) in [4.78, 5) is 6.96. The lowest BCUT2D eigenvalue weighted by Crippen LogP contribution is -2.13. The lowest BCUT2D eigenvalue weighted by atomic mass is 10.1. The topological polar surface area (TPSA) is 40.7 Å². The Hall–Kier alpha value is -1.68. The van der Waals surface area contributed by atoms with E-state index in [2.05, 4.69) is 15.3 Å². The van der Waals surface area contributed by atoms with Gasteiger partial charge >= 0.3 is 0 Å². The van der Waals surface area contributed by atoms with Crippen LogP contribution in [-0.4, -0.2) is 9.97 Å². The molecule has 2 rings (SSSR count). The SMILES string of the molecule is Cc1cc(CNCc2cnc[nH]2)cc(C)c1F. The fourth-order valence-electron chi connectivity index (χ4n) is 1.86. The number of nitrogens with zero attached hydrogens (tertiary/aromatic N) is 1. The molecule has 0 bridgehead atoms. The number of aryl methyl sites for hydroxylation is 2. The molecule has 1 heterocycles. The predicted octanol–water partition coefficient (Wildman–Crippen LogP) is 2.46. The molecule has 0 aliphatic rings. The Labute approximate surface area is 100 Å². The smallest absolute Gasteiger partial charge is 0.129 e. The van der Waals surface area contributed by atoms with Crippen molar-refractivity contribution in [2.75, 3.05) is 0 Å². The fourth-order valence-corrected chi connectivity index (χ4v) is 1.86. The number of H-pyrrole nitrogens is 1. The van der Waals surface area contributed by atoms with Gasteiger partial charge in [0.25, 0.3) is 0 Å². The minimum Gasteiger partial charge on any atom is -0.347 e. The third kappa shape index (κ3) is 2.91. The highest BCUT2D eigenvalue weighted by atomic mass is 19.1. The Bertz CT molecular complexity index is 468. The van der Waals surface area contributed by atoms with Crippen molar-refractivity contribution in [3.8, 4) is 0 Å². The summed E-state index contributed by atoms with van der Waals surface area (Å²) in [6.07, 6.45) is 3.44. The van der Waals surface area contributed by atoms with E-state index in [1.54, 1.807) is 26.4 Å². The second kappa shape index (κ2) is 5.10. The monoisotopic (exact) mass is 233 g/mol. The van der Waals surface area contributed by atoms with Crippen molar-refractivity contribution >= 4 is 0 Å². The summed E-state index contributed by atoms with van der Waals surface area (Å²) >= 11 is 0. The minimum atomic E-state index is -0.109. The second-order valence-corrected chi connectivity index (χ2v) is 4.22. The zero-order valence-electron chi connectivity index (χ0n) is 10.0. The molecule has 0 unspecified atom stereocenters. The highest BCUT2D eigenvalue weighted by Crippen LogP contribution is 2.14. The van der Waals surface area contributed by atoms with E-state index in [0.717, 1.165) is 24.3 Å². The average molecular weight is 233 g/mol. The standard InChI is InChI=1S/C13H16FN3/c1-9-3-11(4-10(2)13(9)14)5-15-6-12-7-16-8-17-12/h3-4,7-8,15H,5-6H2,1-2H3,(H,16,17). The van der Waals surface area contributed by atoms with Gasteiger partial charge in [0.2, 0.25) is 0 Å². The molecule has 2 N–H and O–H groups in total. The molecule has 3 nitrogen and oxygen atoms in total. The third-order valence-electron chi connectivity index (χ3n) is 2.70. The normalized spacial score (nSPS) is 10.8. The zero-order chi connectivity index (χ0) is 12.3. The molecule has 4 heteroatoms. The highest BCUT2D eigenvalue weighted by Gasteiger charge is 2.04. The zero-order valence-corrected chi connectivity index (χ0v) is 10.0. The molecule has 0 aliphatic heterocycles. The maximum absolute atomic E-state index is 13.4. The van der Waals surface area contributed by atoms with Gasteiger partial charge in [0, 0.05) is 25.0 Å². The van der Waals surface area contributed by atoms with Crippen LogP contribution in [0.5, 0.6) is 0 Å². The van der Waals surface area contributed by atoms with E-state index in [9.17, 15) is 4.39 Å². The minimum absolute atomic E-state index is 0.109. The van der Waals surface area contributed by atoms with E-state index in [4.69, 9.17) is 0 Å². The van der Waals surface area contributed by atoms with Crippen LogP contribution in [0.15, 0.2) is 24.7 Å². The summed E-state index contributed by atoms with van der Waals surface area (Å²) in [6.45, 7) is 5.04. The largest absolute Gasteiger partial charge is 0.347 e. The third-order valence-corrected chi connectivity index (χ3v) is 2.70. The van der Waals surface area contributed by atoms with Crippen molar-refractivity contribution in [3.63, 3.8) is 0 Å².